The maximum Gasteiger partial charge on any atom is 0.325 e. The zero-order chi connectivity index (χ0) is 22.0. The van der Waals surface area contributed by atoms with Crippen LogP contribution >= 0.6 is 0 Å². The Bertz CT molecular complexity index is 1000. The van der Waals surface area contributed by atoms with E-state index in [1.165, 1.54) is 24.0 Å². The molecule has 2 atom stereocenters. The summed E-state index contributed by atoms with van der Waals surface area (Å²) in [6, 6.07) is 14.8. The van der Waals surface area contributed by atoms with E-state index in [4.69, 9.17) is 0 Å². The number of carbonyl (C=O) groups is 3. The molecule has 0 unspecified atom stereocenters. The van der Waals surface area contributed by atoms with Gasteiger partial charge in [0, 0.05) is 0 Å². The summed E-state index contributed by atoms with van der Waals surface area (Å²) in [4.78, 5) is 39.5. The van der Waals surface area contributed by atoms with E-state index in [9.17, 15) is 14.4 Å². The van der Waals surface area contributed by atoms with Crippen LogP contribution in [0.5, 0.6) is 0 Å². The summed E-state index contributed by atoms with van der Waals surface area (Å²) in [6.45, 7) is 3.48. The molecule has 0 saturated carbocycles. The van der Waals surface area contributed by atoms with Crippen LogP contribution < -0.4 is 10.6 Å². The molecule has 1 heterocycles. The van der Waals surface area contributed by atoms with Crippen molar-refractivity contribution in [2.75, 3.05) is 6.54 Å². The summed E-state index contributed by atoms with van der Waals surface area (Å²) >= 11 is 0. The van der Waals surface area contributed by atoms with Gasteiger partial charge in [0.1, 0.15) is 12.1 Å². The first-order chi connectivity index (χ1) is 14.9. The molecule has 6 nitrogen and oxygen atoms in total. The molecule has 1 aliphatic carbocycles. The highest BCUT2D eigenvalue weighted by atomic mass is 16.2. The predicted octanol–water partition coefficient (Wildman–Crippen LogP) is 3.60. The maximum atomic E-state index is 13.2. The third kappa shape index (κ3) is 3.94. The van der Waals surface area contributed by atoms with Gasteiger partial charge in [-0.1, -0.05) is 55.5 Å². The average molecular weight is 420 g/mol. The molecule has 2 aromatic rings. The Balaban J connectivity index is 1.45. The Morgan fingerprint density at radius 2 is 1.81 bits per heavy atom. The van der Waals surface area contributed by atoms with E-state index in [2.05, 4.69) is 28.8 Å². The van der Waals surface area contributed by atoms with Gasteiger partial charge in [-0.3, -0.25) is 14.5 Å². The minimum absolute atomic E-state index is 0.203. The number of benzene rings is 2. The SMILES string of the molecule is CC[C@]1(c2ccccc2)NC(=O)N(CC(=O)N[C@H](C)c2ccc3c(c2)CCCC3)C1=O. The number of hydrogen-bond acceptors (Lipinski definition) is 3. The van der Waals surface area contributed by atoms with Crippen molar-refractivity contribution >= 4 is 17.8 Å². The Morgan fingerprint density at radius 1 is 1.10 bits per heavy atom. The highest BCUT2D eigenvalue weighted by Gasteiger charge is 2.51. The van der Waals surface area contributed by atoms with E-state index in [0.717, 1.165) is 28.9 Å². The fourth-order valence-corrected chi connectivity index (χ4v) is 4.67. The molecular weight excluding hydrogens is 390 g/mol. The lowest BCUT2D eigenvalue weighted by molar-refractivity contribution is -0.135. The molecule has 2 N–H and O–H groups in total. The molecule has 6 heteroatoms. The van der Waals surface area contributed by atoms with Gasteiger partial charge in [-0.15, -0.1) is 0 Å². The number of carbonyl (C=O) groups excluding carboxylic acids is 3. The molecule has 0 radical (unpaired) electrons. The molecule has 1 aliphatic heterocycles. The molecular formula is C25H29N3O3. The minimum atomic E-state index is -1.12. The molecule has 0 spiro atoms. The van der Waals surface area contributed by atoms with Crippen LogP contribution in [-0.4, -0.2) is 29.3 Å². The molecule has 4 amide bonds. The maximum absolute atomic E-state index is 13.2. The van der Waals surface area contributed by atoms with Crippen LogP contribution in [0.3, 0.4) is 0 Å². The van der Waals surface area contributed by atoms with Crippen molar-refractivity contribution in [1.29, 1.82) is 0 Å². The summed E-state index contributed by atoms with van der Waals surface area (Å²) < 4.78 is 0. The van der Waals surface area contributed by atoms with Crippen molar-refractivity contribution in [3.05, 3.63) is 70.8 Å². The number of amides is 4. The van der Waals surface area contributed by atoms with Crippen LogP contribution in [0.4, 0.5) is 4.79 Å². The molecule has 162 valence electrons. The number of rotatable bonds is 6. The molecule has 0 aromatic heterocycles. The van der Waals surface area contributed by atoms with Gasteiger partial charge in [0.25, 0.3) is 5.91 Å². The second-order valence-corrected chi connectivity index (χ2v) is 8.47. The first-order valence-corrected chi connectivity index (χ1v) is 11.1. The highest BCUT2D eigenvalue weighted by molar-refractivity contribution is 6.09. The van der Waals surface area contributed by atoms with E-state index < -0.39 is 11.6 Å². The summed E-state index contributed by atoms with van der Waals surface area (Å²) in [5, 5.41) is 5.76. The van der Waals surface area contributed by atoms with E-state index >= 15 is 0 Å². The van der Waals surface area contributed by atoms with Gasteiger partial charge >= 0.3 is 6.03 Å². The quantitative estimate of drug-likeness (QED) is 0.702. The molecule has 1 fully saturated rings. The Kier molecular flexibility index (Phi) is 5.81. The average Bonchev–Trinajstić information content (AvgIpc) is 3.04. The molecule has 0 bridgehead atoms. The number of aryl methyl sites for hydroxylation is 2. The number of nitrogens with one attached hydrogen (secondary N) is 2. The van der Waals surface area contributed by atoms with Gasteiger partial charge < -0.3 is 10.6 Å². The minimum Gasteiger partial charge on any atom is -0.348 e. The smallest absolute Gasteiger partial charge is 0.325 e. The Hall–Kier alpha value is -3.15. The van der Waals surface area contributed by atoms with Crippen LogP contribution in [0.25, 0.3) is 0 Å². The van der Waals surface area contributed by atoms with Crippen molar-refractivity contribution in [2.24, 2.45) is 0 Å². The largest absolute Gasteiger partial charge is 0.348 e. The Labute approximate surface area is 183 Å². The van der Waals surface area contributed by atoms with Crippen LogP contribution in [0.2, 0.25) is 0 Å². The molecule has 4 rings (SSSR count). The van der Waals surface area contributed by atoms with Crippen LogP contribution in [0, 0.1) is 0 Å². The lowest BCUT2D eigenvalue weighted by atomic mass is 9.87. The van der Waals surface area contributed by atoms with Gasteiger partial charge in [-0.05, 0) is 61.3 Å². The molecule has 2 aliphatic rings. The summed E-state index contributed by atoms with van der Waals surface area (Å²) in [7, 11) is 0. The monoisotopic (exact) mass is 419 g/mol. The predicted molar refractivity (Wildman–Crippen MR) is 118 cm³/mol. The standard InChI is InChI=1S/C25H29N3O3/c1-3-25(21-11-5-4-6-12-21)23(30)28(24(31)27-25)16-22(29)26-17(2)19-14-13-18-9-7-8-10-20(18)15-19/h4-6,11-15,17H,3,7-10,16H2,1-2H3,(H,26,29)(H,27,31)/t17-,25-/m1/s1. The van der Waals surface area contributed by atoms with E-state index in [-0.39, 0.29) is 24.4 Å². The number of hydrogen-bond donors (Lipinski definition) is 2. The number of nitrogens with zero attached hydrogens (tertiary/aromatic N) is 1. The second-order valence-electron chi connectivity index (χ2n) is 8.47. The first-order valence-electron chi connectivity index (χ1n) is 11.1. The molecule has 31 heavy (non-hydrogen) atoms. The third-order valence-corrected chi connectivity index (χ3v) is 6.52. The fraction of sp³-hybridized carbons (Fsp3) is 0.400. The normalized spacial score (nSPS) is 21.4. The summed E-state index contributed by atoms with van der Waals surface area (Å²) in [6.07, 6.45) is 5.02. The van der Waals surface area contributed by atoms with Crippen LogP contribution in [0.15, 0.2) is 48.5 Å². The Morgan fingerprint density at radius 3 is 2.52 bits per heavy atom. The van der Waals surface area contributed by atoms with Crippen molar-refractivity contribution in [2.45, 2.75) is 57.5 Å². The van der Waals surface area contributed by atoms with Crippen molar-refractivity contribution in [1.82, 2.24) is 15.5 Å². The topological polar surface area (TPSA) is 78.5 Å². The van der Waals surface area contributed by atoms with Crippen LogP contribution in [-0.2, 0) is 28.0 Å². The molecule has 1 saturated heterocycles. The van der Waals surface area contributed by atoms with Gasteiger partial charge in [-0.2, -0.15) is 0 Å². The van der Waals surface area contributed by atoms with Crippen molar-refractivity contribution < 1.29 is 14.4 Å². The zero-order valence-electron chi connectivity index (χ0n) is 18.1. The second kappa shape index (κ2) is 8.53. The van der Waals surface area contributed by atoms with Crippen LogP contribution in [0.1, 0.15) is 61.4 Å². The lowest BCUT2D eigenvalue weighted by Crippen LogP contribution is -2.45. The third-order valence-electron chi connectivity index (χ3n) is 6.52. The van der Waals surface area contributed by atoms with Gasteiger partial charge in [0.15, 0.2) is 0 Å². The zero-order valence-corrected chi connectivity index (χ0v) is 18.1. The van der Waals surface area contributed by atoms with E-state index in [0.29, 0.717) is 6.42 Å². The van der Waals surface area contributed by atoms with Crippen molar-refractivity contribution in [3.63, 3.8) is 0 Å². The number of fused-ring (bicyclic) bond motifs is 1. The molecule has 2 aromatic carbocycles. The number of urea groups is 1. The van der Waals surface area contributed by atoms with Gasteiger partial charge in [0.2, 0.25) is 5.91 Å². The summed E-state index contributed by atoms with van der Waals surface area (Å²) in [5.41, 5.74) is 3.39. The van der Waals surface area contributed by atoms with E-state index in [1.54, 1.807) is 0 Å². The lowest BCUT2D eigenvalue weighted by Gasteiger charge is -2.25. The highest BCUT2D eigenvalue weighted by Crippen LogP contribution is 2.32. The van der Waals surface area contributed by atoms with E-state index in [1.807, 2.05) is 44.2 Å². The van der Waals surface area contributed by atoms with Crippen molar-refractivity contribution in [3.8, 4) is 0 Å². The summed E-state index contributed by atoms with van der Waals surface area (Å²) in [5.74, 6) is -0.739. The van der Waals surface area contributed by atoms with Gasteiger partial charge in [-0.25, -0.2) is 4.79 Å². The fourth-order valence-electron chi connectivity index (χ4n) is 4.67. The first kappa shape index (κ1) is 21.1. The van der Waals surface area contributed by atoms with Gasteiger partial charge in [0.05, 0.1) is 6.04 Å². The number of imide groups is 1.